The zero-order chi connectivity index (χ0) is 3.58. The summed E-state index contributed by atoms with van der Waals surface area (Å²) in [5.41, 5.74) is 0. The van der Waals surface area contributed by atoms with Crippen LogP contribution in [0.1, 0.15) is 13.8 Å². The number of hydrogen-bond donors (Lipinski definition) is 0. The molecule has 1 heteroatoms. The monoisotopic (exact) mass is 118 g/mol. The molecule has 0 atom stereocenters. The van der Waals surface area contributed by atoms with Crippen LogP contribution in [0.4, 0.5) is 0 Å². The van der Waals surface area contributed by atoms with Gasteiger partial charge in [0.25, 0.3) is 0 Å². The van der Waals surface area contributed by atoms with Gasteiger partial charge in [0.05, 0.1) is 0 Å². The quantitative estimate of drug-likeness (QED) is 0.416. The van der Waals surface area contributed by atoms with Gasteiger partial charge in [-0.3, -0.25) is 0 Å². The van der Waals surface area contributed by atoms with E-state index in [4.69, 9.17) is 0 Å². The summed E-state index contributed by atoms with van der Waals surface area (Å²) < 4.78 is 0.771. The van der Waals surface area contributed by atoms with Crippen LogP contribution in [0, 0.1) is 0 Å². The Kier molecular flexibility index (Phi) is 2.10. The summed E-state index contributed by atoms with van der Waals surface area (Å²) in [5.74, 6) is 0. The third-order valence-electron chi connectivity index (χ3n) is 0. The average molecular weight is 118 g/mol. The fourth-order valence-corrected chi connectivity index (χ4v) is 0. The fraction of sp³-hybridized carbons (Fsp3) is 1.00. The molecule has 0 aromatic carbocycles. The second-order valence-corrected chi connectivity index (χ2v) is 3.26. The first-order valence-corrected chi connectivity index (χ1v) is 2.50. The van der Waals surface area contributed by atoms with Gasteiger partial charge in [-0.2, -0.15) is 0 Å². The maximum absolute atomic E-state index is 2.53. The molecule has 0 N–H and O–H groups in total. The SMILES string of the molecule is CC(C)[As+]. The van der Waals surface area contributed by atoms with Crippen molar-refractivity contribution >= 4 is 16.9 Å². The molecule has 3 radical (unpaired) electrons. The molecule has 0 unspecified atom stereocenters. The minimum absolute atomic E-state index is 0.771. The van der Waals surface area contributed by atoms with Gasteiger partial charge in [0.15, 0.2) is 0 Å². The van der Waals surface area contributed by atoms with Crippen molar-refractivity contribution < 1.29 is 0 Å². The first-order chi connectivity index (χ1) is 1.73. The van der Waals surface area contributed by atoms with Gasteiger partial charge in [-0.15, -0.1) is 0 Å². The Hall–Kier alpha value is 0.558. The van der Waals surface area contributed by atoms with Crippen LogP contribution < -0.4 is 0 Å². The van der Waals surface area contributed by atoms with Crippen LogP contribution >= 0.6 is 0 Å². The van der Waals surface area contributed by atoms with Gasteiger partial charge in [0.1, 0.15) is 0 Å². The normalized spacial score (nSPS) is 9.00. The van der Waals surface area contributed by atoms with E-state index in [1.165, 1.54) is 0 Å². The average Bonchev–Trinajstić information content (AvgIpc) is 0.811. The van der Waals surface area contributed by atoms with Gasteiger partial charge in [0, 0.05) is 0 Å². The third kappa shape index (κ3) is 19.9. The summed E-state index contributed by atoms with van der Waals surface area (Å²) in [6.45, 7) is 4.28. The van der Waals surface area contributed by atoms with Crippen molar-refractivity contribution in [3.63, 3.8) is 0 Å². The van der Waals surface area contributed by atoms with Gasteiger partial charge in [0.2, 0.25) is 0 Å². The molecule has 0 bridgehead atoms. The number of rotatable bonds is 0. The molecule has 23 valence electrons. The Morgan fingerprint density at radius 1 is 1.50 bits per heavy atom. The Labute approximate surface area is 36.1 Å². The second kappa shape index (κ2) is 1.84. The molecule has 0 aromatic rings. The summed E-state index contributed by atoms with van der Waals surface area (Å²) >= 11 is 2.53. The van der Waals surface area contributed by atoms with Crippen LogP contribution in [0.3, 0.4) is 0 Å². The molecule has 0 nitrogen and oxygen atoms in total. The summed E-state index contributed by atoms with van der Waals surface area (Å²) in [4.78, 5) is 0. The molecule has 0 aromatic heterocycles. The minimum atomic E-state index is 0.771. The van der Waals surface area contributed by atoms with E-state index < -0.39 is 0 Å². The van der Waals surface area contributed by atoms with Crippen LogP contribution in [0.25, 0.3) is 0 Å². The van der Waals surface area contributed by atoms with E-state index in [9.17, 15) is 0 Å². The van der Waals surface area contributed by atoms with Crippen LogP contribution in [-0.4, -0.2) is 16.9 Å². The fourth-order valence-electron chi connectivity index (χ4n) is 0. The molecule has 0 fully saturated rings. The van der Waals surface area contributed by atoms with E-state index in [0.717, 1.165) is 4.71 Å². The first kappa shape index (κ1) is 4.56. The molecule has 0 aliphatic carbocycles. The van der Waals surface area contributed by atoms with Crippen molar-refractivity contribution in [2.24, 2.45) is 0 Å². The Bertz CT molecular complexity index is 8.00. The zero-order valence-corrected chi connectivity index (χ0v) is 4.90. The predicted octanol–water partition coefficient (Wildman–Crippen LogP) is 0.983. The molecule has 0 heterocycles. The van der Waals surface area contributed by atoms with Crippen LogP contribution in [0.2, 0.25) is 4.71 Å². The van der Waals surface area contributed by atoms with Gasteiger partial charge in [-0.1, -0.05) is 0 Å². The summed E-state index contributed by atoms with van der Waals surface area (Å²) in [5, 5.41) is 0. The van der Waals surface area contributed by atoms with Crippen molar-refractivity contribution in [3.05, 3.63) is 0 Å². The Morgan fingerprint density at radius 2 is 1.50 bits per heavy atom. The van der Waals surface area contributed by atoms with Crippen molar-refractivity contribution in [2.45, 2.75) is 18.6 Å². The number of hydrogen-bond acceptors (Lipinski definition) is 0. The Balaban J connectivity index is 2.32. The summed E-state index contributed by atoms with van der Waals surface area (Å²) in [6.07, 6.45) is 0. The van der Waals surface area contributed by atoms with Crippen molar-refractivity contribution in [1.29, 1.82) is 0 Å². The van der Waals surface area contributed by atoms with Crippen molar-refractivity contribution in [2.75, 3.05) is 0 Å². The van der Waals surface area contributed by atoms with E-state index in [2.05, 4.69) is 30.7 Å². The molecule has 0 aliphatic heterocycles. The second-order valence-electron chi connectivity index (χ2n) is 1.09. The van der Waals surface area contributed by atoms with E-state index >= 15 is 0 Å². The standard InChI is InChI=1S/C3H7As/c1-3(2)4/h3H,1-2H3/q+1. The first-order valence-electron chi connectivity index (χ1n) is 1.41. The molecular formula is C3H7As+. The zero-order valence-electron chi connectivity index (χ0n) is 3.02. The van der Waals surface area contributed by atoms with Gasteiger partial charge in [-0.05, 0) is 0 Å². The molecule has 0 aliphatic rings. The van der Waals surface area contributed by atoms with Gasteiger partial charge in [-0.25, -0.2) is 0 Å². The Morgan fingerprint density at radius 3 is 1.50 bits per heavy atom. The molecule has 0 saturated heterocycles. The summed E-state index contributed by atoms with van der Waals surface area (Å²) in [7, 11) is 0. The molecule has 0 rings (SSSR count). The molecule has 0 amide bonds. The van der Waals surface area contributed by atoms with Crippen molar-refractivity contribution in [1.82, 2.24) is 0 Å². The molecule has 0 saturated carbocycles. The molecule has 4 heavy (non-hydrogen) atoms. The van der Waals surface area contributed by atoms with E-state index in [0.29, 0.717) is 0 Å². The van der Waals surface area contributed by atoms with E-state index in [1.54, 1.807) is 0 Å². The molecule has 0 spiro atoms. The predicted molar refractivity (Wildman–Crippen MR) is 20.9 cm³/mol. The molecular weight excluding hydrogens is 111 g/mol. The summed E-state index contributed by atoms with van der Waals surface area (Å²) in [6, 6.07) is 0. The topological polar surface area (TPSA) is 0 Å². The maximum atomic E-state index is 2.53. The van der Waals surface area contributed by atoms with Gasteiger partial charge < -0.3 is 0 Å². The van der Waals surface area contributed by atoms with Crippen LogP contribution in [-0.2, 0) is 0 Å². The van der Waals surface area contributed by atoms with Crippen LogP contribution in [0.5, 0.6) is 0 Å². The van der Waals surface area contributed by atoms with Crippen LogP contribution in [0.15, 0.2) is 0 Å². The van der Waals surface area contributed by atoms with Crippen molar-refractivity contribution in [3.8, 4) is 0 Å². The third-order valence-corrected chi connectivity index (χ3v) is 0. The van der Waals surface area contributed by atoms with Gasteiger partial charge >= 0.3 is 35.4 Å². The van der Waals surface area contributed by atoms with E-state index in [-0.39, 0.29) is 0 Å². The van der Waals surface area contributed by atoms with E-state index in [1.807, 2.05) is 0 Å².